The smallest absolute Gasteiger partial charge is 0.417 e. The molecule has 0 fully saturated rings. The van der Waals surface area contributed by atoms with Crippen LogP contribution in [-0.2, 0) is 9.53 Å². The third-order valence-corrected chi connectivity index (χ3v) is 4.81. The van der Waals surface area contributed by atoms with Crippen molar-refractivity contribution in [3.63, 3.8) is 0 Å². The van der Waals surface area contributed by atoms with Gasteiger partial charge >= 0.3 is 12.1 Å². The molecule has 0 aromatic rings. The number of rotatable bonds is 10. The van der Waals surface area contributed by atoms with Crippen molar-refractivity contribution in [2.75, 3.05) is 7.11 Å². The number of methoxy groups -OCH3 is 1. The zero-order valence-corrected chi connectivity index (χ0v) is 15.2. The minimum absolute atomic E-state index is 0.204. The Morgan fingerprint density at radius 3 is 1.92 bits per heavy atom. The average Bonchev–Trinajstić information content (AvgIpc) is 2.60. The quantitative estimate of drug-likeness (QED) is 0.573. The predicted molar refractivity (Wildman–Crippen MR) is 94.4 cm³/mol. The van der Waals surface area contributed by atoms with Crippen molar-refractivity contribution in [1.82, 2.24) is 4.90 Å². The molecule has 5 heteroatoms. The Hall–Kier alpha value is -1.78. The first-order valence-electron chi connectivity index (χ1n) is 8.98. The molecule has 136 valence electrons. The van der Waals surface area contributed by atoms with Gasteiger partial charge in [0.15, 0.2) is 0 Å². The highest BCUT2D eigenvalue weighted by Gasteiger charge is 2.43. The predicted octanol–water partition coefficient (Wildman–Crippen LogP) is 4.94. The van der Waals surface area contributed by atoms with Crippen molar-refractivity contribution >= 4 is 12.1 Å². The first-order chi connectivity index (χ1) is 11.5. The Kier molecular flexibility index (Phi) is 8.58. The molecule has 0 atom stereocenters. The van der Waals surface area contributed by atoms with Gasteiger partial charge in [-0.15, -0.1) is 0 Å². The lowest BCUT2D eigenvalue weighted by molar-refractivity contribution is -0.152. The molecular formula is C19H31NO4. The molecule has 1 heterocycles. The Labute approximate surface area is 145 Å². The third-order valence-electron chi connectivity index (χ3n) is 4.81. The molecule has 1 aliphatic rings. The van der Waals surface area contributed by atoms with E-state index >= 15 is 0 Å². The molecular weight excluding hydrogens is 306 g/mol. The number of carbonyl (C=O) groups is 2. The van der Waals surface area contributed by atoms with Crippen molar-refractivity contribution in [3.05, 3.63) is 24.6 Å². The summed E-state index contributed by atoms with van der Waals surface area (Å²) in [6.07, 6.45) is 13.8. The number of carbonyl (C=O) groups excluding carboxylic acids is 1. The molecule has 0 radical (unpaired) electrons. The second-order valence-corrected chi connectivity index (χ2v) is 6.46. The summed E-state index contributed by atoms with van der Waals surface area (Å²) in [4.78, 5) is 25.1. The molecule has 0 saturated carbocycles. The number of unbranched alkanes of at least 4 members (excludes halogenated alkanes) is 4. The molecule has 0 unspecified atom stereocenters. The van der Waals surface area contributed by atoms with Crippen LogP contribution in [-0.4, -0.2) is 29.2 Å². The van der Waals surface area contributed by atoms with E-state index in [0.717, 1.165) is 38.5 Å². The molecule has 0 aromatic carbocycles. The summed E-state index contributed by atoms with van der Waals surface area (Å²) in [6.45, 7) is 4.24. The van der Waals surface area contributed by atoms with E-state index in [1.165, 1.54) is 12.0 Å². The number of allylic oxidation sites excluding steroid dienone is 2. The zero-order chi connectivity index (χ0) is 18.0. The van der Waals surface area contributed by atoms with Gasteiger partial charge in [-0.2, -0.15) is 0 Å². The van der Waals surface area contributed by atoms with Gasteiger partial charge in [0.05, 0.1) is 12.5 Å². The van der Waals surface area contributed by atoms with Gasteiger partial charge in [-0.05, 0) is 12.8 Å². The normalized spacial score (nSPS) is 14.9. The van der Waals surface area contributed by atoms with Crippen molar-refractivity contribution in [1.29, 1.82) is 0 Å². The van der Waals surface area contributed by atoms with Crippen molar-refractivity contribution in [3.8, 4) is 0 Å². The summed E-state index contributed by atoms with van der Waals surface area (Å²) in [7, 11) is 1.33. The monoisotopic (exact) mass is 337 g/mol. The fourth-order valence-corrected chi connectivity index (χ4v) is 3.28. The summed E-state index contributed by atoms with van der Waals surface area (Å²) in [5.41, 5.74) is -0.792. The van der Waals surface area contributed by atoms with E-state index in [0.29, 0.717) is 12.8 Å². The Balaban J connectivity index is 2.96. The average molecular weight is 337 g/mol. The largest absolute Gasteiger partial charge is 0.481 e. The van der Waals surface area contributed by atoms with Gasteiger partial charge in [0.1, 0.15) is 0 Å². The SMILES string of the molecule is CCCCCC(CCCCC)(C(=O)O)C1C=CN(C(=O)OC)C=C1. The van der Waals surface area contributed by atoms with E-state index in [2.05, 4.69) is 18.6 Å². The van der Waals surface area contributed by atoms with E-state index in [1.54, 1.807) is 12.4 Å². The molecule has 0 aromatic heterocycles. The van der Waals surface area contributed by atoms with E-state index < -0.39 is 17.5 Å². The van der Waals surface area contributed by atoms with Gasteiger partial charge < -0.3 is 9.84 Å². The number of hydrogen-bond acceptors (Lipinski definition) is 3. The van der Waals surface area contributed by atoms with Gasteiger partial charge in [0.2, 0.25) is 0 Å². The van der Waals surface area contributed by atoms with Crippen LogP contribution in [0.1, 0.15) is 65.2 Å². The fourth-order valence-electron chi connectivity index (χ4n) is 3.28. The maximum Gasteiger partial charge on any atom is 0.417 e. The molecule has 0 spiro atoms. The Morgan fingerprint density at radius 1 is 1.04 bits per heavy atom. The highest BCUT2D eigenvalue weighted by atomic mass is 16.5. The molecule has 1 N–H and O–H groups in total. The maximum absolute atomic E-state index is 12.2. The molecule has 24 heavy (non-hydrogen) atoms. The number of carboxylic acids is 1. The van der Waals surface area contributed by atoms with Gasteiger partial charge in [0.25, 0.3) is 0 Å². The minimum Gasteiger partial charge on any atom is -0.481 e. The highest BCUT2D eigenvalue weighted by Crippen LogP contribution is 2.42. The van der Waals surface area contributed by atoms with E-state index in [4.69, 9.17) is 0 Å². The van der Waals surface area contributed by atoms with Crippen LogP contribution in [0.2, 0.25) is 0 Å². The molecule has 0 saturated heterocycles. The lowest BCUT2D eigenvalue weighted by Crippen LogP contribution is -2.39. The van der Waals surface area contributed by atoms with Gasteiger partial charge in [0, 0.05) is 18.3 Å². The lowest BCUT2D eigenvalue weighted by Gasteiger charge is -2.36. The number of amides is 1. The van der Waals surface area contributed by atoms with Crippen LogP contribution in [0.15, 0.2) is 24.6 Å². The van der Waals surface area contributed by atoms with Crippen LogP contribution in [0.5, 0.6) is 0 Å². The summed E-state index contributed by atoms with van der Waals surface area (Å²) < 4.78 is 4.69. The zero-order valence-electron chi connectivity index (χ0n) is 15.2. The van der Waals surface area contributed by atoms with Crippen molar-refractivity contribution < 1.29 is 19.4 Å². The lowest BCUT2D eigenvalue weighted by atomic mass is 9.68. The maximum atomic E-state index is 12.2. The first kappa shape index (κ1) is 20.3. The van der Waals surface area contributed by atoms with E-state index in [-0.39, 0.29) is 5.92 Å². The van der Waals surface area contributed by atoms with Crippen LogP contribution in [0.4, 0.5) is 4.79 Å². The second-order valence-electron chi connectivity index (χ2n) is 6.46. The van der Waals surface area contributed by atoms with Crippen LogP contribution in [0.25, 0.3) is 0 Å². The fraction of sp³-hybridized carbons (Fsp3) is 0.684. The summed E-state index contributed by atoms with van der Waals surface area (Å²) in [5, 5.41) is 10.0. The van der Waals surface area contributed by atoms with E-state index in [9.17, 15) is 14.7 Å². The Bertz CT molecular complexity index is 446. The van der Waals surface area contributed by atoms with Crippen LogP contribution >= 0.6 is 0 Å². The number of ether oxygens (including phenoxy) is 1. The number of aliphatic carboxylic acids is 1. The second kappa shape index (κ2) is 10.2. The molecule has 1 amide bonds. The summed E-state index contributed by atoms with van der Waals surface area (Å²) in [6, 6.07) is 0. The molecule has 5 nitrogen and oxygen atoms in total. The van der Waals surface area contributed by atoms with Crippen LogP contribution in [0, 0.1) is 11.3 Å². The third kappa shape index (κ3) is 5.11. The standard InChI is InChI=1S/C19H31NO4/c1-4-6-8-12-19(17(21)22,13-9-7-5-2)16-10-14-20(15-11-16)18(23)24-3/h10-11,14-16H,4-9,12-13H2,1-3H3,(H,21,22). The highest BCUT2D eigenvalue weighted by molar-refractivity contribution is 5.76. The number of nitrogens with zero attached hydrogens (tertiary/aromatic N) is 1. The first-order valence-corrected chi connectivity index (χ1v) is 8.98. The summed E-state index contributed by atoms with van der Waals surface area (Å²) in [5.74, 6) is -0.940. The van der Waals surface area contributed by atoms with Gasteiger partial charge in [-0.3, -0.25) is 9.69 Å². The number of carboxylic acid groups (broad SMARTS) is 1. The van der Waals surface area contributed by atoms with Gasteiger partial charge in [-0.1, -0.05) is 64.5 Å². The van der Waals surface area contributed by atoms with Crippen LogP contribution in [0.3, 0.4) is 0 Å². The van der Waals surface area contributed by atoms with Crippen LogP contribution < -0.4 is 0 Å². The molecule has 0 aliphatic carbocycles. The molecule has 1 aliphatic heterocycles. The molecule has 1 rings (SSSR count). The number of hydrogen-bond donors (Lipinski definition) is 1. The van der Waals surface area contributed by atoms with Crippen molar-refractivity contribution in [2.24, 2.45) is 11.3 Å². The summed E-state index contributed by atoms with van der Waals surface area (Å²) >= 11 is 0. The topological polar surface area (TPSA) is 66.8 Å². The van der Waals surface area contributed by atoms with Gasteiger partial charge in [-0.25, -0.2) is 4.79 Å². The minimum atomic E-state index is -0.792. The van der Waals surface area contributed by atoms with E-state index in [1.807, 2.05) is 12.2 Å². The Morgan fingerprint density at radius 2 is 1.54 bits per heavy atom. The molecule has 0 bridgehead atoms. The van der Waals surface area contributed by atoms with Crippen molar-refractivity contribution in [2.45, 2.75) is 65.2 Å².